The van der Waals surface area contributed by atoms with Crippen molar-refractivity contribution in [2.45, 2.75) is 26.4 Å². The van der Waals surface area contributed by atoms with Crippen molar-refractivity contribution in [1.29, 1.82) is 0 Å². The van der Waals surface area contributed by atoms with Gasteiger partial charge in [0.15, 0.2) is 4.77 Å². The third-order valence-corrected chi connectivity index (χ3v) is 6.15. The van der Waals surface area contributed by atoms with Crippen LogP contribution in [0, 0.1) is 4.77 Å². The van der Waals surface area contributed by atoms with Crippen molar-refractivity contribution in [3.8, 4) is 0 Å². The summed E-state index contributed by atoms with van der Waals surface area (Å²) in [5.74, 6) is 0. The number of hydrogen-bond donors (Lipinski definition) is 1. The van der Waals surface area contributed by atoms with Crippen LogP contribution >= 0.6 is 23.6 Å². The van der Waals surface area contributed by atoms with E-state index in [-0.39, 0.29) is 11.7 Å². The molecule has 6 nitrogen and oxygen atoms in total. The van der Waals surface area contributed by atoms with E-state index in [0.29, 0.717) is 42.8 Å². The first-order valence-corrected chi connectivity index (χ1v) is 10.0. The molecular formula is C19H19N3O3S2. The highest BCUT2D eigenvalue weighted by atomic mass is 32.1. The van der Waals surface area contributed by atoms with Gasteiger partial charge in [0.05, 0.1) is 25.1 Å². The number of H-pyrrole nitrogens is 1. The Morgan fingerprint density at radius 2 is 2.11 bits per heavy atom. The SMILES string of the molecule is CCOC(=O)N1CCc2c(sc3[nH]c(=S)n(Cc4ccccc4)c(=O)c23)C1. The molecule has 3 heterocycles. The molecule has 0 bridgehead atoms. The number of carbonyl (C=O) groups excluding carboxylic acids is 1. The highest BCUT2D eigenvalue weighted by molar-refractivity contribution is 7.71. The summed E-state index contributed by atoms with van der Waals surface area (Å²) >= 11 is 6.93. The smallest absolute Gasteiger partial charge is 0.410 e. The summed E-state index contributed by atoms with van der Waals surface area (Å²) in [5, 5.41) is 0.697. The number of thiophene rings is 1. The van der Waals surface area contributed by atoms with E-state index in [1.54, 1.807) is 16.4 Å². The summed E-state index contributed by atoms with van der Waals surface area (Å²) in [4.78, 5) is 31.9. The van der Waals surface area contributed by atoms with Crippen LogP contribution in [-0.2, 0) is 24.2 Å². The predicted molar refractivity (Wildman–Crippen MR) is 108 cm³/mol. The molecular weight excluding hydrogens is 382 g/mol. The van der Waals surface area contributed by atoms with Crippen LogP contribution in [0.1, 0.15) is 22.9 Å². The molecule has 0 saturated heterocycles. The standard InChI is InChI=1S/C19H19N3O3S2/c1-2-25-19(24)21-9-8-13-14(11-21)27-16-15(13)17(23)22(18(26)20-16)10-12-6-4-3-5-7-12/h3-7H,2,8-11H2,1H3,(H,20,26). The third-order valence-electron chi connectivity index (χ3n) is 4.69. The lowest BCUT2D eigenvalue weighted by atomic mass is 10.1. The summed E-state index contributed by atoms with van der Waals surface area (Å²) in [6.07, 6.45) is 0.328. The molecule has 1 aliphatic heterocycles. The lowest BCUT2D eigenvalue weighted by Gasteiger charge is -2.25. The Morgan fingerprint density at radius 3 is 2.85 bits per heavy atom. The molecule has 0 spiro atoms. The minimum absolute atomic E-state index is 0.0697. The second kappa shape index (κ2) is 7.28. The maximum atomic E-state index is 13.2. The second-order valence-electron chi connectivity index (χ2n) is 6.39. The van der Waals surface area contributed by atoms with Crippen LogP contribution in [0.2, 0.25) is 0 Å². The van der Waals surface area contributed by atoms with Crippen LogP contribution in [0.4, 0.5) is 4.79 Å². The predicted octanol–water partition coefficient (Wildman–Crippen LogP) is 3.68. The molecule has 4 rings (SSSR count). The number of aromatic amines is 1. The van der Waals surface area contributed by atoms with Gasteiger partial charge in [0, 0.05) is 11.4 Å². The number of amides is 1. The minimum Gasteiger partial charge on any atom is -0.450 e. The van der Waals surface area contributed by atoms with E-state index in [9.17, 15) is 9.59 Å². The van der Waals surface area contributed by atoms with Crippen LogP contribution in [-0.4, -0.2) is 33.7 Å². The van der Waals surface area contributed by atoms with E-state index in [1.807, 2.05) is 30.3 Å². The maximum Gasteiger partial charge on any atom is 0.410 e. The number of benzene rings is 1. The molecule has 27 heavy (non-hydrogen) atoms. The normalized spacial score (nSPS) is 13.6. The van der Waals surface area contributed by atoms with E-state index in [4.69, 9.17) is 17.0 Å². The van der Waals surface area contributed by atoms with Gasteiger partial charge < -0.3 is 14.6 Å². The van der Waals surface area contributed by atoms with Crippen LogP contribution in [0.3, 0.4) is 0 Å². The monoisotopic (exact) mass is 401 g/mol. The van der Waals surface area contributed by atoms with Crippen molar-refractivity contribution in [3.63, 3.8) is 0 Å². The highest BCUT2D eigenvalue weighted by Crippen LogP contribution is 2.32. The van der Waals surface area contributed by atoms with Crippen LogP contribution in [0.25, 0.3) is 10.2 Å². The Bertz CT molecular complexity index is 1110. The van der Waals surface area contributed by atoms with Gasteiger partial charge in [0.25, 0.3) is 5.56 Å². The Hall–Kier alpha value is -2.45. The van der Waals surface area contributed by atoms with Crippen molar-refractivity contribution < 1.29 is 9.53 Å². The van der Waals surface area contributed by atoms with Gasteiger partial charge >= 0.3 is 6.09 Å². The molecule has 1 N–H and O–H groups in total. The molecule has 1 aliphatic rings. The molecule has 2 aromatic heterocycles. The molecule has 1 amide bonds. The lowest BCUT2D eigenvalue weighted by molar-refractivity contribution is 0.103. The lowest BCUT2D eigenvalue weighted by Crippen LogP contribution is -2.36. The first kappa shape index (κ1) is 17.9. The quantitative estimate of drug-likeness (QED) is 0.680. The van der Waals surface area contributed by atoms with E-state index in [2.05, 4.69) is 4.98 Å². The number of aromatic nitrogens is 2. The molecule has 3 aromatic rings. The van der Waals surface area contributed by atoms with Crippen molar-refractivity contribution >= 4 is 39.9 Å². The molecule has 0 fully saturated rings. The van der Waals surface area contributed by atoms with Gasteiger partial charge in [-0.15, -0.1) is 11.3 Å². The summed E-state index contributed by atoms with van der Waals surface area (Å²) in [5.41, 5.74) is 1.98. The Labute approximate surface area is 165 Å². The zero-order chi connectivity index (χ0) is 19.0. The van der Waals surface area contributed by atoms with E-state index in [1.165, 1.54) is 11.3 Å². The average Bonchev–Trinajstić information content (AvgIpc) is 3.03. The fourth-order valence-electron chi connectivity index (χ4n) is 3.39. The fourth-order valence-corrected chi connectivity index (χ4v) is 4.96. The van der Waals surface area contributed by atoms with Crippen LogP contribution < -0.4 is 5.56 Å². The highest BCUT2D eigenvalue weighted by Gasteiger charge is 2.27. The zero-order valence-electron chi connectivity index (χ0n) is 14.9. The average molecular weight is 402 g/mol. The number of nitrogens with one attached hydrogen (secondary N) is 1. The maximum absolute atomic E-state index is 13.2. The van der Waals surface area contributed by atoms with E-state index < -0.39 is 0 Å². The largest absolute Gasteiger partial charge is 0.450 e. The van der Waals surface area contributed by atoms with Gasteiger partial charge in [-0.25, -0.2) is 4.79 Å². The molecule has 140 valence electrons. The first-order chi connectivity index (χ1) is 13.1. The number of nitrogens with zero attached hydrogens (tertiary/aromatic N) is 2. The molecule has 1 aromatic carbocycles. The Morgan fingerprint density at radius 1 is 1.33 bits per heavy atom. The van der Waals surface area contributed by atoms with Crippen molar-refractivity contribution in [2.24, 2.45) is 0 Å². The summed E-state index contributed by atoms with van der Waals surface area (Å²) in [7, 11) is 0. The van der Waals surface area contributed by atoms with Gasteiger partial charge in [-0.05, 0) is 36.7 Å². The van der Waals surface area contributed by atoms with E-state index in [0.717, 1.165) is 20.8 Å². The fraction of sp³-hybridized carbons (Fsp3) is 0.316. The Kier molecular flexibility index (Phi) is 4.84. The van der Waals surface area contributed by atoms with E-state index >= 15 is 0 Å². The van der Waals surface area contributed by atoms with Gasteiger partial charge in [-0.3, -0.25) is 9.36 Å². The second-order valence-corrected chi connectivity index (χ2v) is 7.88. The number of hydrogen-bond acceptors (Lipinski definition) is 5. The molecule has 0 radical (unpaired) electrons. The number of carbonyl (C=O) groups is 1. The number of fused-ring (bicyclic) bond motifs is 3. The van der Waals surface area contributed by atoms with Crippen LogP contribution in [0.5, 0.6) is 0 Å². The van der Waals surface area contributed by atoms with Gasteiger partial charge in [0.2, 0.25) is 0 Å². The summed E-state index contributed by atoms with van der Waals surface area (Å²) in [6, 6.07) is 9.79. The van der Waals surface area contributed by atoms with Crippen molar-refractivity contribution in [3.05, 3.63) is 61.5 Å². The Balaban J connectivity index is 1.75. The summed E-state index contributed by atoms with van der Waals surface area (Å²) < 4.78 is 7.12. The summed E-state index contributed by atoms with van der Waals surface area (Å²) in [6.45, 7) is 3.59. The van der Waals surface area contributed by atoms with Gasteiger partial charge in [0.1, 0.15) is 4.83 Å². The molecule has 0 atom stereocenters. The topological polar surface area (TPSA) is 67.3 Å². The molecule has 0 saturated carbocycles. The third kappa shape index (κ3) is 3.30. The molecule has 0 unspecified atom stereocenters. The minimum atomic E-state index is -0.310. The van der Waals surface area contributed by atoms with Gasteiger partial charge in [-0.1, -0.05) is 30.3 Å². The number of ether oxygens (including phenoxy) is 1. The number of rotatable bonds is 3. The van der Waals surface area contributed by atoms with Crippen molar-refractivity contribution in [1.82, 2.24) is 14.5 Å². The molecule has 8 heteroatoms. The van der Waals surface area contributed by atoms with Crippen molar-refractivity contribution in [2.75, 3.05) is 13.2 Å². The van der Waals surface area contributed by atoms with Crippen LogP contribution in [0.15, 0.2) is 35.1 Å². The van der Waals surface area contributed by atoms with Gasteiger partial charge in [-0.2, -0.15) is 0 Å². The zero-order valence-corrected chi connectivity index (χ0v) is 16.5. The molecule has 0 aliphatic carbocycles. The first-order valence-electron chi connectivity index (χ1n) is 8.81.